The van der Waals surface area contributed by atoms with Gasteiger partial charge in [-0.3, -0.25) is 13.5 Å². The van der Waals surface area contributed by atoms with E-state index in [2.05, 4.69) is 10.3 Å². The molecule has 32 heavy (non-hydrogen) atoms. The van der Waals surface area contributed by atoms with Gasteiger partial charge in [-0.05, 0) is 42.3 Å². The molecule has 1 N–H and O–H groups in total. The number of carbonyl (C=O) groups is 1. The predicted octanol–water partition coefficient (Wildman–Crippen LogP) is 4.54. The molecule has 0 atom stereocenters. The van der Waals surface area contributed by atoms with Gasteiger partial charge >= 0.3 is 0 Å². The van der Waals surface area contributed by atoms with Crippen LogP contribution in [0.2, 0.25) is 0 Å². The molecule has 0 radical (unpaired) electrons. The maximum Gasteiger partial charge on any atom is 0.282 e. The largest absolute Gasteiger partial charge is 0.322 e. The highest BCUT2D eigenvalue weighted by Crippen LogP contribution is 2.29. The summed E-state index contributed by atoms with van der Waals surface area (Å²) in [7, 11) is -2.38. The number of hydrogen-bond donors (Lipinski definition) is 1. The molecule has 0 unspecified atom stereocenters. The number of sulfonamides is 1. The normalized spacial score (nSPS) is 11.6. The smallest absolute Gasteiger partial charge is 0.282 e. The van der Waals surface area contributed by atoms with Gasteiger partial charge < -0.3 is 5.32 Å². The third kappa shape index (κ3) is 3.97. The van der Waals surface area contributed by atoms with E-state index in [1.54, 1.807) is 54.7 Å². The third-order valence-electron chi connectivity index (χ3n) is 5.17. The fourth-order valence-electron chi connectivity index (χ4n) is 3.45. The monoisotopic (exact) mass is 448 g/mol. The number of fused-ring (bicyclic) bond motifs is 1. The van der Waals surface area contributed by atoms with Crippen molar-refractivity contribution in [2.75, 3.05) is 16.7 Å². The Bertz CT molecular complexity index is 1360. The number of benzene rings is 2. The molecule has 0 saturated carbocycles. The second-order valence-corrected chi connectivity index (χ2v) is 9.61. The Kier molecular flexibility index (Phi) is 5.71. The van der Waals surface area contributed by atoms with Crippen LogP contribution < -0.4 is 9.62 Å². The summed E-state index contributed by atoms with van der Waals surface area (Å²) in [4.78, 5) is 17.3. The molecule has 2 aromatic carbocycles. The van der Waals surface area contributed by atoms with Crippen molar-refractivity contribution in [3.8, 4) is 0 Å². The molecule has 0 saturated heterocycles. The maximum atomic E-state index is 13.6. The van der Waals surface area contributed by atoms with Crippen LogP contribution in [0.5, 0.6) is 0 Å². The number of imidazole rings is 1. The van der Waals surface area contributed by atoms with Crippen LogP contribution in [0.3, 0.4) is 0 Å². The predicted molar refractivity (Wildman–Crippen MR) is 126 cm³/mol. The van der Waals surface area contributed by atoms with Crippen LogP contribution in [0, 0.1) is 0 Å². The summed E-state index contributed by atoms with van der Waals surface area (Å²) in [6.07, 6.45) is 1.58. The number of aromatic nitrogens is 2. The molecule has 164 valence electrons. The molecule has 1 amide bonds. The van der Waals surface area contributed by atoms with Gasteiger partial charge in [0.15, 0.2) is 5.03 Å². The first-order valence-corrected chi connectivity index (χ1v) is 11.7. The van der Waals surface area contributed by atoms with Crippen molar-refractivity contribution < 1.29 is 13.2 Å². The summed E-state index contributed by atoms with van der Waals surface area (Å²) in [6, 6.07) is 21.2. The molecule has 0 spiro atoms. The summed E-state index contributed by atoms with van der Waals surface area (Å²) < 4.78 is 29.9. The Labute approximate surface area is 187 Å². The van der Waals surface area contributed by atoms with Gasteiger partial charge in [-0.25, -0.2) is 4.98 Å². The summed E-state index contributed by atoms with van der Waals surface area (Å²) in [5.41, 5.74) is 2.47. The minimum absolute atomic E-state index is 0.101. The summed E-state index contributed by atoms with van der Waals surface area (Å²) >= 11 is 0. The van der Waals surface area contributed by atoms with Crippen LogP contribution in [-0.2, 0) is 10.0 Å². The Balaban J connectivity index is 1.78. The lowest BCUT2D eigenvalue weighted by Crippen LogP contribution is -2.28. The van der Waals surface area contributed by atoms with E-state index in [-0.39, 0.29) is 16.9 Å². The Morgan fingerprint density at radius 1 is 1.00 bits per heavy atom. The van der Waals surface area contributed by atoms with Crippen LogP contribution in [0.15, 0.2) is 84.0 Å². The molecule has 0 aliphatic carbocycles. The standard InChI is InChI=1S/C24H24N4O3S/c1-17(2)22-24(32(30,31)27(3)20-12-8-5-9-13-20)28-15-14-18(16-21(28)26-22)23(29)25-19-10-6-4-7-11-19/h4-17H,1-3H3,(H,25,29). The molecule has 0 fully saturated rings. The first kappa shape index (κ1) is 21.6. The van der Waals surface area contributed by atoms with Crippen molar-refractivity contribution in [3.05, 3.63) is 90.3 Å². The Morgan fingerprint density at radius 3 is 2.25 bits per heavy atom. The van der Waals surface area contributed by atoms with E-state index < -0.39 is 10.0 Å². The third-order valence-corrected chi connectivity index (χ3v) is 7.00. The Hall–Kier alpha value is -3.65. The van der Waals surface area contributed by atoms with Gasteiger partial charge in [-0.2, -0.15) is 8.42 Å². The number of hydrogen-bond acceptors (Lipinski definition) is 4. The van der Waals surface area contributed by atoms with Gasteiger partial charge in [0.05, 0.1) is 11.4 Å². The zero-order valence-corrected chi connectivity index (χ0v) is 18.9. The van der Waals surface area contributed by atoms with E-state index in [9.17, 15) is 13.2 Å². The molecule has 7 nitrogen and oxygen atoms in total. The fraction of sp³-hybridized carbons (Fsp3) is 0.167. The topological polar surface area (TPSA) is 83.8 Å². The lowest BCUT2D eigenvalue weighted by Gasteiger charge is -2.20. The quantitative estimate of drug-likeness (QED) is 0.470. The van der Waals surface area contributed by atoms with E-state index in [0.717, 1.165) is 0 Å². The van der Waals surface area contributed by atoms with Crippen molar-refractivity contribution in [1.29, 1.82) is 0 Å². The summed E-state index contributed by atoms with van der Waals surface area (Å²) in [5, 5.41) is 2.94. The zero-order chi connectivity index (χ0) is 22.9. The van der Waals surface area contributed by atoms with Gasteiger partial charge in [-0.15, -0.1) is 0 Å². The van der Waals surface area contributed by atoms with Crippen molar-refractivity contribution >= 4 is 33.0 Å². The van der Waals surface area contributed by atoms with E-state index in [4.69, 9.17) is 0 Å². The maximum absolute atomic E-state index is 13.6. The van der Waals surface area contributed by atoms with Crippen molar-refractivity contribution in [2.45, 2.75) is 24.8 Å². The van der Waals surface area contributed by atoms with Crippen molar-refractivity contribution in [3.63, 3.8) is 0 Å². The van der Waals surface area contributed by atoms with Crippen LogP contribution >= 0.6 is 0 Å². The second-order valence-electron chi connectivity index (χ2n) is 7.73. The van der Waals surface area contributed by atoms with Crippen molar-refractivity contribution in [2.24, 2.45) is 0 Å². The average Bonchev–Trinajstić information content (AvgIpc) is 3.20. The van der Waals surface area contributed by atoms with E-state index in [1.165, 1.54) is 15.8 Å². The van der Waals surface area contributed by atoms with E-state index in [1.807, 2.05) is 38.1 Å². The Morgan fingerprint density at radius 2 is 1.62 bits per heavy atom. The number of nitrogens with zero attached hydrogens (tertiary/aromatic N) is 3. The number of nitrogens with one attached hydrogen (secondary N) is 1. The van der Waals surface area contributed by atoms with Crippen LogP contribution in [0.4, 0.5) is 11.4 Å². The minimum atomic E-state index is -3.90. The van der Waals surface area contributed by atoms with Crippen LogP contribution in [0.25, 0.3) is 5.65 Å². The molecule has 0 aliphatic rings. The number of para-hydroxylation sites is 2. The van der Waals surface area contributed by atoms with E-state index >= 15 is 0 Å². The summed E-state index contributed by atoms with van der Waals surface area (Å²) in [6.45, 7) is 3.79. The molecule has 4 aromatic rings. The number of rotatable bonds is 6. The lowest BCUT2D eigenvalue weighted by atomic mass is 10.2. The molecular weight excluding hydrogens is 424 g/mol. The van der Waals surface area contributed by atoms with Gasteiger partial charge in [-0.1, -0.05) is 50.2 Å². The number of anilines is 2. The number of carbonyl (C=O) groups excluding carboxylic acids is 1. The lowest BCUT2D eigenvalue weighted by molar-refractivity contribution is 0.102. The number of amides is 1. The van der Waals surface area contributed by atoms with E-state index in [0.29, 0.717) is 28.3 Å². The molecule has 0 bridgehead atoms. The molecular formula is C24H24N4O3S. The molecule has 8 heteroatoms. The SMILES string of the molecule is CC(C)c1nc2cc(C(=O)Nc3ccccc3)ccn2c1S(=O)(=O)N(C)c1ccccc1. The molecule has 2 heterocycles. The highest BCUT2D eigenvalue weighted by Gasteiger charge is 2.31. The summed E-state index contributed by atoms with van der Waals surface area (Å²) in [5.74, 6) is -0.427. The zero-order valence-electron chi connectivity index (χ0n) is 18.1. The minimum Gasteiger partial charge on any atom is -0.322 e. The fourth-order valence-corrected chi connectivity index (χ4v) is 5.05. The second kappa shape index (κ2) is 8.47. The molecule has 0 aliphatic heterocycles. The van der Waals surface area contributed by atoms with Gasteiger partial charge in [0.1, 0.15) is 5.65 Å². The van der Waals surface area contributed by atoms with Gasteiger partial charge in [0, 0.05) is 24.5 Å². The van der Waals surface area contributed by atoms with Crippen LogP contribution in [0.1, 0.15) is 35.8 Å². The van der Waals surface area contributed by atoms with Crippen LogP contribution in [-0.4, -0.2) is 30.8 Å². The first-order chi connectivity index (χ1) is 15.3. The average molecular weight is 449 g/mol. The van der Waals surface area contributed by atoms with Crippen molar-refractivity contribution in [1.82, 2.24) is 9.38 Å². The highest BCUT2D eigenvalue weighted by atomic mass is 32.2. The van der Waals surface area contributed by atoms with Gasteiger partial charge in [0.2, 0.25) is 0 Å². The first-order valence-electron chi connectivity index (χ1n) is 10.2. The van der Waals surface area contributed by atoms with Gasteiger partial charge in [0.25, 0.3) is 15.9 Å². The highest BCUT2D eigenvalue weighted by molar-refractivity contribution is 7.92. The number of pyridine rings is 1. The molecule has 4 rings (SSSR count). The molecule has 2 aromatic heterocycles.